The Morgan fingerprint density at radius 3 is 2.17 bits per heavy atom. The number of anilines is 1. The lowest BCUT2D eigenvalue weighted by atomic mass is 9.93. The van der Waals surface area contributed by atoms with Crippen molar-refractivity contribution in [3.05, 3.63) is 77.5 Å². The van der Waals surface area contributed by atoms with E-state index < -0.39 is 0 Å². The molecule has 0 aliphatic carbocycles. The predicted octanol–water partition coefficient (Wildman–Crippen LogP) is 4.83. The summed E-state index contributed by atoms with van der Waals surface area (Å²) in [5, 5.41) is 0.901. The van der Waals surface area contributed by atoms with Crippen molar-refractivity contribution in [1.82, 2.24) is 0 Å². The summed E-state index contributed by atoms with van der Waals surface area (Å²) in [6, 6.07) is 19.8. The molecule has 3 nitrogen and oxygen atoms in total. The number of hydrogen-bond acceptors (Lipinski definition) is 4. The Morgan fingerprint density at radius 1 is 1.04 bits per heavy atom. The smallest absolute Gasteiger partial charge is 0.168 e. The summed E-state index contributed by atoms with van der Waals surface area (Å²) in [5.74, 6) is 0.0613. The highest BCUT2D eigenvalue weighted by Crippen LogP contribution is 2.38. The number of carbonyl (C=O) groups excluding carboxylic acids is 1. The van der Waals surface area contributed by atoms with Crippen LogP contribution in [0.1, 0.15) is 25.5 Å². The van der Waals surface area contributed by atoms with E-state index >= 15 is 0 Å². The van der Waals surface area contributed by atoms with Gasteiger partial charge in [0.15, 0.2) is 11.0 Å². The van der Waals surface area contributed by atoms with Crippen LogP contribution in [-0.2, 0) is 4.79 Å². The lowest BCUT2D eigenvalue weighted by molar-refractivity contribution is -0.113. The molecule has 2 aromatic carbocycles. The molecule has 122 valence electrons. The number of carbonyl (C=O) groups is 1. The fourth-order valence-electron chi connectivity index (χ4n) is 3.04. The highest BCUT2D eigenvalue weighted by atomic mass is 32.2. The van der Waals surface area contributed by atoms with Crippen LogP contribution in [0.25, 0.3) is 0 Å². The molecule has 0 bridgehead atoms. The fraction of sp³-hybridized carbons (Fsp3) is 0.200. The molecule has 4 heteroatoms. The van der Waals surface area contributed by atoms with Crippen molar-refractivity contribution in [3.8, 4) is 0 Å². The highest BCUT2D eigenvalue weighted by molar-refractivity contribution is 8.13. The van der Waals surface area contributed by atoms with E-state index in [0.29, 0.717) is 0 Å². The molecular weight excluding hydrogens is 316 g/mol. The molecule has 0 saturated carbocycles. The third-order valence-corrected chi connectivity index (χ3v) is 4.77. The number of hydrogen-bond donors (Lipinski definition) is 0. The van der Waals surface area contributed by atoms with Crippen LogP contribution in [0.15, 0.2) is 76.9 Å². The number of nitrogens with zero attached hydrogens (tertiary/aromatic N) is 2. The van der Waals surface area contributed by atoms with Crippen molar-refractivity contribution < 1.29 is 4.79 Å². The molecule has 0 unspecified atom stereocenters. The van der Waals surface area contributed by atoms with Crippen LogP contribution in [0.5, 0.6) is 0 Å². The molecule has 1 atom stereocenters. The Bertz CT molecular complexity index is 797. The zero-order chi connectivity index (χ0) is 17.1. The van der Waals surface area contributed by atoms with Gasteiger partial charge in [0.05, 0.1) is 0 Å². The lowest BCUT2D eigenvalue weighted by Gasteiger charge is -2.34. The minimum Gasteiger partial charge on any atom is -0.295 e. The van der Waals surface area contributed by atoms with Crippen molar-refractivity contribution in [2.75, 3.05) is 11.2 Å². The summed E-state index contributed by atoms with van der Waals surface area (Å²) >= 11 is 1.60. The van der Waals surface area contributed by atoms with Crippen molar-refractivity contribution in [2.24, 2.45) is 4.99 Å². The predicted molar refractivity (Wildman–Crippen MR) is 102 cm³/mol. The van der Waals surface area contributed by atoms with Gasteiger partial charge in [-0.15, -0.1) is 0 Å². The van der Waals surface area contributed by atoms with E-state index in [2.05, 4.69) is 4.90 Å². The van der Waals surface area contributed by atoms with Gasteiger partial charge in [-0.3, -0.25) is 9.69 Å². The van der Waals surface area contributed by atoms with E-state index in [1.807, 2.05) is 73.8 Å². The van der Waals surface area contributed by atoms with Gasteiger partial charge in [-0.2, -0.15) is 0 Å². The Morgan fingerprint density at radius 2 is 1.62 bits per heavy atom. The highest BCUT2D eigenvalue weighted by Gasteiger charge is 2.31. The zero-order valence-corrected chi connectivity index (χ0v) is 14.9. The molecule has 24 heavy (non-hydrogen) atoms. The van der Waals surface area contributed by atoms with E-state index in [4.69, 9.17) is 4.99 Å². The molecule has 0 aromatic heterocycles. The summed E-state index contributed by atoms with van der Waals surface area (Å²) in [5.41, 5.74) is 3.76. The van der Waals surface area contributed by atoms with Crippen LogP contribution in [0.4, 0.5) is 5.69 Å². The number of Topliss-reactive ketones (excluding diaryl/α,β-unsaturated/α-hetero) is 1. The first-order valence-electron chi connectivity index (χ1n) is 7.87. The second kappa shape index (κ2) is 7.05. The number of benzene rings is 2. The largest absolute Gasteiger partial charge is 0.295 e. The topological polar surface area (TPSA) is 32.7 Å². The molecule has 0 radical (unpaired) electrons. The van der Waals surface area contributed by atoms with Crippen LogP contribution < -0.4 is 4.90 Å². The molecule has 3 rings (SSSR count). The van der Waals surface area contributed by atoms with Crippen LogP contribution in [0, 0.1) is 0 Å². The summed E-state index contributed by atoms with van der Waals surface area (Å²) in [4.78, 5) is 19.4. The number of amidine groups is 1. The maximum absolute atomic E-state index is 12.4. The molecule has 0 fully saturated rings. The number of ketones is 1. The molecule has 0 spiro atoms. The van der Waals surface area contributed by atoms with Gasteiger partial charge < -0.3 is 0 Å². The normalized spacial score (nSPS) is 17.7. The molecular formula is C20H20N2OS. The molecule has 1 aliphatic heterocycles. The summed E-state index contributed by atoms with van der Waals surface area (Å²) < 4.78 is 0. The zero-order valence-electron chi connectivity index (χ0n) is 14.1. The second-order valence-electron chi connectivity index (χ2n) is 5.66. The Labute approximate surface area is 147 Å². The van der Waals surface area contributed by atoms with Crippen LogP contribution in [0.3, 0.4) is 0 Å². The molecule has 1 heterocycles. The Balaban J connectivity index is 2.16. The molecule has 0 N–H and O–H groups in total. The maximum Gasteiger partial charge on any atom is 0.168 e. The second-order valence-corrected chi connectivity index (χ2v) is 6.43. The molecule has 0 amide bonds. The average molecular weight is 336 g/mol. The molecule has 0 saturated heterocycles. The van der Waals surface area contributed by atoms with E-state index in [1.54, 1.807) is 18.7 Å². The number of rotatable bonds is 3. The molecule has 2 aromatic rings. The van der Waals surface area contributed by atoms with Crippen molar-refractivity contribution in [1.29, 1.82) is 0 Å². The van der Waals surface area contributed by atoms with E-state index in [1.165, 1.54) is 0 Å². The summed E-state index contributed by atoms with van der Waals surface area (Å²) in [6.07, 6.45) is 2.02. The van der Waals surface area contributed by atoms with Gasteiger partial charge in [0.25, 0.3) is 0 Å². The van der Waals surface area contributed by atoms with E-state index in [9.17, 15) is 4.79 Å². The number of aliphatic imine (C=N–C) groups is 1. The summed E-state index contributed by atoms with van der Waals surface area (Å²) in [7, 11) is 0. The number of thioether (sulfide) groups is 1. The van der Waals surface area contributed by atoms with Crippen molar-refractivity contribution in [3.63, 3.8) is 0 Å². The standard InChI is InChI=1S/C20H20N2OS/c1-14-18(15(2)23)19(16-10-6-4-7-11-16)21-20(24-3)22(14)17-12-8-5-9-13-17/h4-13,19H,1-3H3/t19-/m0/s1. The van der Waals surface area contributed by atoms with Gasteiger partial charge in [0, 0.05) is 17.0 Å². The van der Waals surface area contributed by atoms with Gasteiger partial charge >= 0.3 is 0 Å². The van der Waals surface area contributed by atoms with E-state index in [-0.39, 0.29) is 11.8 Å². The third-order valence-electron chi connectivity index (χ3n) is 4.12. The van der Waals surface area contributed by atoms with Crippen LogP contribution in [0.2, 0.25) is 0 Å². The summed E-state index contributed by atoms with van der Waals surface area (Å²) in [6.45, 7) is 3.63. The minimum absolute atomic E-state index is 0.0613. The van der Waals surface area contributed by atoms with Gasteiger partial charge in [-0.1, -0.05) is 60.3 Å². The quantitative estimate of drug-likeness (QED) is 0.805. The molecule has 1 aliphatic rings. The van der Waals surface area contributed by atoms with Crippen molar-refractivity contribution in [2.45, 2.75) is 19.9 Å². The SMILES string of the molecule is CSC1=N[C@@H](c2ccccc2)C(C(C)=O)=C(C)N1c1ccccc1. The first-order chi connectivity index (χ1) is 11.6. The fourth-order valence-corrected chi connectivity index (χ4v) is 3.68. The van der Waals surface area contributed by atoms with Crippen LogP contribution in [-0.4, -0.2) is 17.2 Å². The van der Waals surface area contributed by atoms with Crippen LogP contribution >= 0.6 is 11.8 Å². The maximum atomic E-state index is 12.4. The number of allylic oxidation sites excluding steroid dienone is 1. The van der Waals surface area contributed by atoms with Gasteiger partial charge in [-0.05, 0) is 37.8 Å². The average Bonchev–Trinajstić information content (AvgIpc) is 2.61. The Hall–Kier alpha value is -2.33. The first-order valence-corrected chi connectivity index (χ1v) is 9.09. The van der Waals surface area contributed by atoms with Crippen molar-refractivity contribution >= 4 is 28.4 Å². The van der Waals surface area contributed by atoms with Gasteiger partial charge in [0.2, 0.25) is 0 Å². The minimum atomic E-state index is -0.244. The van der Waals surface area contributed by atoms with Gasteiger partial charge in [-0.25, -0.2) is 4.99 Å². The van der Waals surface area contributed by atoms with Gasteiger partial charge in [0.1, 0.15) is 6.04 Å². The monoisotopic (exact) mass is 336 g/mol. The number of para-hydroxylation sites is 1. The van der Waals surface area contributed by atoms with E-state index in [0.717, 1.165) is 27.7 Å². The first kappa shape index (κ1) is 16.5. The lowest BCUT2D eigenvalue weighted by Crippen LogP contribution is -2.34. The third kappa shape index (κ3) is 3.02. The Kier molecular flexibility index (Phi) is 4.86.